The Hall–Kier alpha value is -2.41. The third kappa shape index (κ3) is 2.35. The highest BCUT2D eigenvalue weighted by Crippen LogP contribution is 2.26. The maximum atomic E-state index is 4.63. The summed E-state index contributed by atoms with van der Waals surface area (Å²) >= 11 is 0. The standard InChI is InChI=1S/C19H17N/c1-14-7-3-5-9-17(14)16-11-12-19(20-13-16)18-10-6-4-8-15(18)2/h3-13H,1-2H3. The second-order valence-corrected chi connectivity index (χ2v) is 5.06. The summed E-state index contributed by atoms with van der Waals surface area (Å²) in [5, 5.41) is 0. The SMILES string of the molecule is Cc1ccccc1-c1ccc(-c2ccccc2C)nc1. The molecular weight excluding hydrogens is 242 g/mol. The third-order valence-corrected chi connectivity index (χ3v) is 3.64. The van der Waals surface area contributed by atoms with Gasteiger partial charge >= 0.3 is 0 Å². The Morgan fingerprint density at radius 3 is 1.80 bits per heavy atom. The predicted molar refractivity (Wildman–Crippen MR) is 84.6 cm³/mol. The molecule has 0 radical (unpaired) electrons. The molecular formula is C19H17N. The van der Waals surface area contributed by atoms with Gasteiger partial charge in [-0.3, -0.25) is 4.98 Å². The second-order valence-electron chi connectivity index (χ2n) is 5.06. The second kappa shape index (κ2) is 5.30. The van der Waals surface area contributed by atoms with Gasteiger partial charge in [-0.05, 0) is 36.6 Å². The first-order valence-corrected chi connectivity index (χ1v) is 6.84. The lowest BCUT2D eigenvalue weighted by atomic mass is 10.0. The van der Waals surface area contributed by atoms with Crippen molar-refractivity contribution in [3.63, 3.8) is 0 Å². The Kier molecular flexibility index (Phi) is 3.34. The molecule has 0 spiro atoms. The molecule has 0 unspecified atom stereocenters. The molecule has 3 aromatic rings. The van der Waals surface area contributed by atoms with Crippen LogP contribution in [0.5, 0.6) is 0 Å². The first-order valence-electron chi connectivity index (χ1n) is 6.84. The Bertz CT molecular complexity index is 662. The van der Waals surface area contributed by atoms with E-state index in [0.717, 1.165) is 5.69 Å². The van der Waals surface area contributed by atoms with Crippen molar-refractivity contribution in [1.29, 1.82) is 0 Å². The molecule has 0 amide bonds. The largest absolute Gasteiger partial charge is 0.256 e. The van der Waals surface area contributed by atoms with E-state index in [1.807, 2.05) is 6.20 Å². The van der Waals surface area contributed by atoms with Gasteiger partial charge in [-0.2, -0.15) is 0 Å². The number of nitrogens with zero attached hydrogens (tertiary/aromatic N) is 1. The average molecular weight is 259 g/mol. The van der Waals surface area contributed by atoms with Crippen LogP contribution in [-0.2, 0) is 0 Å². The van der Waals surface area contributed by atoms with Crippen molar-refractivity contribution >= 4 is 0 Å². The normalized spacial score (nSPS) is 10.5. The van der Waals surface area contributed by atoms with Gasteiger partial charge in [0.25, 0.3) is 0 Å². The van der Waals surface area contributed by atoms with Gasteiger partial charge in [0, 0.05) is 17.3 Å². The summed E-state index contributed by atoms with van der Waals surface area (Å²) in [5.41, 5.74) is 7.17. The van der Waals surface area contributed by atoms with E-state index < -0.39 is 0 Å². The Labute approximate surface area is 119 Å². The molecule has 1 heteroatoms. The van der Waals surface area contributed by atoms with Gasteiger partial charge in [-0.1, -0.05) is 54.6 Å². The third-order valence-electron chi connectivity index (χ3n) is 3.64. The highest BCUT2D eigenvalue weighted by atomic mass is 14.7. The summed E-state index contributed by atoms with van der Waals surface area (Å²) in [5.74, 6) is 0. The number of aryl methyl sites for hydroxylation is 2. The molecule has 0 aliphatic carbocycles. The smallest absolute Gasteiger partial charge is 0.0705 e. The van der Waals surface area contributed by atoms with Gasteiger partial charge in [0.05, 0.1) is 5.69 Å². The van der Waals surface area contributed by atoms with Gasteiger partial charge in [0.2, 0.25) is 0 Å². The molecule has 0 saturated carbocycles. The lowest BCUT2D eigenvalue weighted by Gasteiger charge is -2.08. The molecule has 2 aromatic carbocycles. The monoisotopic (exact) mass is 259 g/mol. The summed E-state index contributed by atoms with van der Waals surface area (Å²) in [6, 6.07) is 21.0. The van der Waals surface area contributed by atoms with Gasteiger partial charge in [0.1, 0.15) is 0 Å². The van der Waals surface area contributed by atoms with Crippen molar-refractivity contribution in [2.75, 3.05) is 0 Å². The van der Waals surface area contributed by atoms with E-state index in [2.05, 4.69) is 79.5 Å². The van der Waals surface area contributed by atoms with Gasteiger partial charge in [-0.15, -0.1) is 0 Å². The maximum absolute atomic E-state index is 4.63. The summed E-state index contributed by atoms with van der Waals surface area (Å²) in [6.07, 6.45) is 1.96. The van der Waals surface area contributed by atoms with E-state index in [0.29, 0.717) is 0 Å². The van der Waals surface area contributed by atoms with Crippen LogP contribution in [0.25, 0.3) is 22.4 Å². The molecule has 20 heavy (non-hydrogen) atoms. The number of pyridine rings is 1. The highest BCUT2D eigenvalue weighted by Gasteiger charge is 2.04. The number of rotatable bonds is 2. The molecule has 1 heterocycles. The first-order chi connectivity index (χ1) is 9.75. The van der Waals surface area contributed by atoms with Crippen molar-refractivity contribution in [2.45, 2.75) is 13.8 Å². The topological polar surface area (TPSA) is 12.9 Å². The number of aromatic nitrogens is 1. The van der Waals surface area contributed by atoms with Gasteiger partial charge in [0.15, 0.2) is 0 Å². The van der Waals surface area contributed by atoms with Crippen LogP contribution in [0.1, 0.15) is 11.1 Å². The Morgan fingerprint density at radius 1 is 0.650 bits per heavy atom. The zero-order chi connectivity index (χ0) is 13.9. The van der Waals surface area contributed by atoms with Crippen LogP contribution in [0.3, 0.4) is 0 Å². The fourth-order valence-corrected chi connectivity index (χ4v) is 2.47. The van der Waals surface area contributed by atoms with Crippen LogP contribution in [0, 0.1) is 13.8 Å². The van der Waals surface area contributed by atoms with Crippen LogP contribution in [0.2, 0.25) is 0 Å². The van der Waals surface area contributed by atoms with Gasteiger partial charge < -0.3 is 0 Å². The Balaban J connectivity index is 2.01. The van der Waals surface area contributed by atoms with Crippen molar-refractivity contribution < 1.29 is 0 Å². The molecule has 0 aliphatic heterocycles. The van der Waals surface area contributed by atoms with Crippen LogP contribution in [0.15, 0.2) is 66.9 Å². The van der Waals surface area contributed by atoms with Crippen LogP contribution >= 0.6 is 0 Å². The molecule has 0 bridgehead atoms. The van der Waals surface area contributed by atoms with E-state index in [1.165, 1.54) is 27.8 Å². The van der Waals surface area contributed by atoms with E-state index in [-0.39, 0.29) is 0 Å². The number of hydrogen-bond acceptors (Lipinski definition) is 1. The molecule has 0 saturated heterocycles. The fraction of sp³-hybridized carbons (Fsp3) is 0.105. The summed E-state index contributed by atoms with van der Waals surface area (Å²) < 4.78 is 0. The molecule has 1 aromatic heterocycles. The van der Waals surface area contributed by atoms with Crippen molar-refractivity contribution in [3.05, 3.63) is 78.0 Å². The summed E-state index contributed by atoms with van der Waals surface area (Å²) in [6.45, 7) is 4.25. The quantitative estimate of drug-likeness (QED) is 0.628. The van der Waals surface area contributed by atoms with Crippen molar-refractivity contribution in [3.8, 4) is 22.4 Å². The van der Waals surface area contributed by atoms with E-state index >= 15 is 0 Å². The van der Waals surface area contributed by atoms with E-state index in [1.54, 1.807) is 0 Å². The highest BCUT2D eigenvalue weighted by molar-refractivity contribution is 5.70. The molecule has 1 nitrogen and oxygen atoms in total. The average Bonchev–Trinajstić information content (AvgIpc) is 2.49. The molecule has 0 aliphatic rings. The summed E-state index contributed by atoms with van der Waals surface area (Å²) in [7, 11) is 0. The van der Waals surface area contributed by atoms with E-state index in [9.17, 15) is 0 Å². The molecule has 0 N–H and O–H groups in total. The van der Waals surface area contributed by atoms with Gasteiger partial charge in [-0.25, -0.2) is 0 Å². The zero-order valence-corrected chi connectivity index (χ0v) is 11.8. The Morgan fingerprint density at radius 2 is 1.25 bits per heavy atom. The van der Waals surface area contributed by atoms with Crippen LogP contribution in [-0.4, -0.2) is 4.98 Å². The van der Waals surface area contributed by atoms with Crippen LogP contribution in [0.4, 0.5) is 0 Å². The summed E-state index contributed by atoms with van der Waals surface area (Å²) in [4.78, 5) is 4.63. The zero-order valence-electron chi connectivity index (χ0n) is 11.8. The maximum Gasteiger partial charge on any atom is 0.0705 e. The fourth-order valence-electron chi connectivity index (χ4n) is 2.47. The minimum Gasteiger partial charge on any atom is -0.256 e. The lowest BCUT2D eigenvalue weighted by Crippen LogP contribution is -1.88. The van der Waals surface area contributed by atoms with E-state index in [4.69, 9.17) is 0 Å². The number of hydrogen-bond donors (Lipinski definition) is 0. The minimum absolute atomic E-state index is 1.03. The number of benzene rings is 2. The minimum atomic E-state index is 1.03. The predicted octanol–water partition coefficient (Wildman–Crippen LogP) is 5.03. The van der Waals surface area contributed by atoms with Crippen molar-refractivity contribution in [2.24, 2.45) is 0 Å². The molecule has 0 fully saturated rings. The van der Waals surface area contributed by atoms with Crippen molar-refractivity contribution in [1.82, 2.24) is 4.98 Å². The first kappa shape index (κ1) is 12.6. The van der Waals surface area contributed by atoms with Crippen LogP contribution < -0.4 is 0 Å². The molecule has 98 valence electrons. The molecule has 0 atom stereocenters. The molecule has 3 rings (SSSR count). The lowest BCUT2D eigenvalue weighted by molar-refractivity contribution is 1.30.